The second-order valence-electron chi connectivity index (χ2n) is 6.11. The van der Waals surface area contributed by atoms with Crippen LogP contribution in [-0.2, 0) is 4.79 Å². The van der Waals surface area contributed by atoms with Crippen LogP contribution in [0, 0.1) is 17.3 Å². The van der Waals surface area contributed by atoms with Crippen molar-refractivity contribution in [2.24, 2.45) is 17.3 Å². The minimum absolute atomic E-state index is 0.176. The number of carbonyl (C=O) groups is 1. The quantitative estimate of drug-likeness (QED) is 0.721. The molecule has 94 valence electrons. The van der Waals surface area contributed by atoms with Crippen LogP contribution in [-0.4, -0.2) is 23.9 Å². The maximum absolute atomic E-state index is 12.3. The number of amides is 1. The van der Waals surface area contributed by atoms with Crippen LogP contribution in [0.15, 0.2) is 0 Å². The largest absolute Gasteiger partial charge is 0.342 e. The van der Waals surface area contributed by atoms with Crippen LogP contribution >= 0.6 is 0 Å². The van der Waals surface area contributed by atoms with Crippen LogP contribution in [0.3, 0.4) is 0 Å². The van der Waals surface area contributed by atoms with Crippen molar-refractivity contribution in [2.75, 3.05) is 13.1 Å². The van der Waals surface area contributed by atoms with Gasteiger partial charge in [-0.1, -0.05) is 34.6 Å². The molecule has 0 N–H and O–H groups in total. The fourth-order valence-electron chi connectivity index (χ4n) is 2.35. The van der Waals surface area contributed by atoms with Crippen LogP contribution < -0.4 is 0 Å². The fraction of sp³-hybridized carbons (Fsp3) is 0.929. The van der Waals surface area contributed by atoms with Crippen LogP contribution in [0.4, 0.5) is 0 Å². The van der Waals surface area contributed by atoms with Crippen molar-refractivity contribution in [3.05, 3.63) is 0 Å². The van der Waals surface area contributed by atoms with E-state index in [9.17, 15) is 4.79 Å². The molecule has 1 saturated heterocycles. The molecule has 1 rings (SSSR count). The van der Waals surface area contributed by atoms with E-state index >= 15 is 0 Å². The average Bonchev–Trinajstić information content (AvgIpc) is 2.28. The lowest BCUT2D eigenvalue weighted by Crippen LogP contribution is -2.45. The van der Waals surface area contributed by atoms with Gasteiger partial charge >= 0.3 is 0 Å². The number of rotatable bonds is 3. The third-order valence-electron chi connectivity index (χ3n) is 4.23. The maximum atomic E-state index is 12.3. The lowest BCUT2D eigenvalue weighted by Gasteiger charge is -2.37. The summed E-state index contributed by atoms with van der Waals surface area (Å²) in [4.78, 5) is 14.3. The van der Waals surface area contributed by atoms with Gasteiger partial charge in [-0.05, 0) is 31.1 Å². The number of nitrogens with zero attached hydrogens (tertiary/aromatic N) is 1. The van der Waals surface area contributed by atoms with Gasteiger partial charge in [-0.2, -0.15) is 0 Å². The second-order valence-corrected chi connectivity index (χ2v) is 6.11. The van der Waals surface area contributed by atoms with E-state index in [1.165, 1.54) is 12.8 Å². The minimum atomic E-state index is -0.176. The fourth-order valence-corrected chi connectivity index (χ4v) is 2.35. The van der Waals surface area contributed by atoms with Crippen molar-refractivity contribution >= 4 is 5.91 Å². The summed E-state index contributed by atoms with van der Waals surface area (Å²) in [5, 5.41) is 0. The van der Waals surface area contributed by atoms with Crippen molar-refractivity contribution in [3.8, 4) is 0 Å². The Labute approximate surface area is 100 Å². The highest BCUT2D eigenvalue weighted by molar-refractivity contribution is 5.81. The Morgan fingerprint density at radius 1 is 1.31 bits per heavy atom. The Morgan fingerprint density at radius 2 is 1.81 bits per heavy atom. The summed E-state index contributed by atoms with van der Waals surface area (Å²) in [6.07, 6.45) is 3.29. The van der Waals surface area contributed by atoms with Crippen LogP contribution in [0.2, 0.25) is 0 Å². The Morgan fingerprint density at radius 3 is 2.19 bits per heavy atom. The number of hydrogen-bond acceptors (Lipinski definition) is 1. The zero-order valence-corrected chi connectivity index (χ0v) is 11.5. The predicted octanol–water partition coefficient (Wildman–Crippen LogP) is 3.32. The van der Waals surface area contributed by atoms with Crippen molar-refractivity contribution in [1.29, 1.82) is 0 Å². The van der Waals surface area contributed by atoms with Crippen molar-refractivity contribution in [2.45, 2.75) is 53.9 Å². The first-order valence-corrected chi connectivity index (χ1v) is 6.68. The molecule has 2 nitrogen and oxygen atoms in total. The van der Waals surface area contributed by atoms with E-state index in [1.54, 1.807) is 0 Å². The summed E-state index contributed by atoms with van der Waals surface area (Å²) >= 11 is 0. The number of piperidine rings is 1. The van der Waals surface area contributed by atoms with Gasteiger partial charge in [0.25, 0.3) is 0 Å². The van der Waals surface area contributed by atoms with E-state index < -0.39 is 0 Å². The van der Waals surface area contributed by atoms with Gasteiger partial charge in [0, 0.05) is 18.5 Å². The molecule has 0 radical (unpaired) electrons. The molecule has 0 aliphatic carbocycles. The van der Waals surface area contributed by atoms with E-state index in [0.717, 1.165) is 31.3 Å². The first-order valence-electron chi connectivity index (χ1n) is 6.68. The van der Waals surface area contributed by atoms with Gasteiger partial charge in [0.2, 0.25) is 5.91 Å². The SMILES string of the molecule is CCC(C)(C)C(=O)N1CCC(C(C)C)CC1. The molecule has 0 aromatic rings. The van der Waals surface area contributed by atoms with Crippen molar-refractivity contribution in [1.82, 2.24) is 4.90 Å². The minimum Gasteiger partial charge on any atom is -0.342 e. The number of carbonyl (C=O) groups excluding carboxylic acids is 1. The molecule has 0 aromatic carbocycles. The lowest BCUT2D eigenvalue weighted by molar-refractivity contribution is -0.142. The van der Waals surface area contributed by atoms with Gasteiger partial charge in [0.15, 0.2) is 0 Å². The van der Waals surface area contributed by atoms with Crippen LogP contribution in [0.5, 0.6) is 0 Å². The predicted molar refractivity (Wildman–Crippen MR) is 68.2 cm³/mol. The van der Waals surface area contributed by atoms with Gasteiger partial charge < -0.3 is 4.90 Å². The topological polar surface area (TPSA) is 20.3 Å². The average molecular weight is 225 g/mol. The second kappa shape index (κ2) is 5.20. The van der Waals surface area contributed by atoms with Gasteiger partial charge in [0.1, 0.15) is 0 Å². The lowest BCUT2D eigenvalue weighted by atomic mass is 9.84. The summed E-state index contributed by atoms with van der Waals surface area (Å²) in [6.45, 7) is 12.7. The molecular formula is C14H27NO. The highest BCUT2D eigenvalue weighted by Crippen LogP contribution is 2.29. The Kier molecular flexibility index (Phi) is 4.40. The third-order valence-corrected chi connectivity index (χ3v) is 4.23. The zero-order chi connectivity index (χ0) is 12.3. The van der Waals surface area contributed by atoms with E-state index in [4.69, 9.17) is 0 Å². The zero-order valence-electron chi connectivity index (χ0n) is 11.5. The first-order chi connectivity index (χ1) is 7.38. The molecule has 0 bridgehead atoms. The monoisotopic (exact) mass is 225 g/mol. The summed E-state index contributed by atoms with van der Waals surface area (Å²) in [6, 6.07) is 0. The molecular weight excluding hydrogens is 198 g/mol. The molecule has 1 aliphatic rings. The molecule has 0 aromatic heterocycles. The molecule has 1 aliphatic heterocycles. The van der Waals surface area contributed by atoms with Crippen molar-refractivity contribution < 1.29 is 4.79 Å². The first kappa shape index (κ1) is 13.5. The third kappa shape index (κ3) is 2.99. The maximum Gasteiger partial charge on any atom is 0.228 e. The summed E-state index contributed by atoms with van der Waals surface area (Å²) in [5.41, 5.74) is -0.176. The molecule has 0 saturated carbocycles. The summed E-state index contributed by atoms with van der Waals surface area (Å²) < 4.78 is 0. The Balaban J connectivity index is 2.51. The standard InChI is InChI=1S/C14H27NO/c1-6-14(4,5)13(16)15-9-7-12(8-10-15)11(2)3/h11-12H,6-10H2,1-5H3. The summed E-state index contributed by atoms with van der Waals surface area (Å²) in [5.74, 6) is 1.92. The van der Waals surface area contributed by atoms with E-state index in [1.807, 2.05) is 0 Å². The van der Waals surface area contributed by atoms with Gasteiger partial charge in [0.05, 0.1) is 0 Å². The van der Waals surface area contributed by atoms with E-state index in [2.05, 4.69) is 39.5 Å². The Hall–Kier alpha value is -0.530. The highest BCUT2D eigenvalue weighted by Gasteiger charge is 2.32. The molecule has 1 amide bonds. The van der Waals surface area contributed by atoms with Gasteiger partial charge in [-0.3, -0.25) is 4.79 Å². The molecule has 0 spiro atoms. The van der Waals surface area contributed by atoms with Gasteiger partial charge in [-0.25, -0.2) is 0 Å². The van der Waals surface area contributed by atoms with E-state index in [-0.39, 0.29) is 5.41 Å². The Bertz CT molecular complexity index is 237. The van der Waals surface area contributed by atoms with Crippen molar-refractivity contribution in [3.63, 3.8) is 0 Å². The number of hydrogen-bond donors (Lipinski definition) is 0. The molecule has 1 heterocycles. The normalized spacial score (nSPS) is 19.2. The van der Waals surface area contributed by atoms with Crippen LogP contribution in [0.1, 0.15) is 53.9 Å². The smallest absolute Gasteiger partial charge is 0.228 e. The van der Waals surface area contributed by atoms with Crippen LogP contribution in [0.25, 0.3) is 0 Å². The van der Waals surface area contributed by atoms with Gasteiger partial charge in [-0.15, -0.1) is 0 Å². The molecule has 16 heavy (non-hydrogen) atoms. The molecule has 0 unspecified atom stereocenters. The molecule has 2 heteroatoms. The van der Waals surface area contributed by atoms with E-state index in [0.29, 0.717) is 5.91 Å². The number of likely N-dealkylation sites (tertiary alicyclic amines) is 1. The summed E-state index contributed by atoms with van der Waals surface area (Å²) in [7, 11) is 0. The molecule has 0 atom stereocenters. The highest BCUT2D eigenvalue weighted by atomic mass is 16.2. The molecule has 1 fully saturated rings.